The molecule has 0 unspecified atom stereocenters. The van der Waals surface area contributed by atoms with Crippen molar-refractivity contribution in [3.63, 3.8) is 0 Å². The van der Waals surface area contributed by atoms with E-state index in [0.717, 1.165) is 25.2 Å². The van der Waals surface area contributed by atoms with Crippen molar-refractivity contribution in [3.8, 4) is 0 Å². The van der Waals surface area contributed by atoms with Gasteiger partial charge in [-0.05, 0) is 31.0 Å². The summed E-state index contributed by atoms with van der Waals surface area (Å²) in [6.07, 6.45) is 1.94. The van der Waals surface area contributed by atoms with E-state index in [1.54, 1.807) is 12.1 Å². The first kappa shape index (κ1) is 15.3. The lowest BCUT2D eigenvalue weighted by atomic mass is 10.1. The minimum absolute atomic E-state index is 0.00766. The van der Waals surface area contributed by atoms with Gasteiger partial charge in [-0.25, -0.2) is 0 Å². The zero-order valence-electron chi connectivity index (χ0n) is 11.7. The number of benzene rings is 1. The number of hydrogen-bond acceptors (Lipinski definition) is 3. The van der Waals surface area contributed by atoms with Crippen LogP contribution in [-0.4, -0.2) is 31.5 Å². The Bertz CT molecular complexity index is 441. The van der Waals surface area contributed by atoms with Crippen molar-refractivity contribution in [2.45, 2.75) is 32.0 Å². The summed E-state index contributed by atoms with van der Waals surface area (Å²) < 4.78 is 11.2. The van der Waals surface area contributed by atoms with Crippen LogP contribution in [0.1, 0.15) is 25.3 Å². The molecule has 0 saturated carbocycles. The number of hydrogen-bond donors (Lipinski definition) is 1. The fourth-order valence-electron chi connectivity index (χ4n) is 2.10. The molecule has 0 atom stereocenters. The van der Waals surface area contributed by atoms with Gasteiger partial charge in [0.2, 0.25) is 5.91 Å². The van der Waals surface area contributed by atoms with Crippen molar-refractivity contribution in [1.82, 2.24) is 5.32 Å². The van der Waals surface area contributed by atoms with Gasteiger partial charge < -0.3 is 14.8 Å². The number of carbonyl (C=O) groups is 1. The van der Waals surface area contributed by atoms with Crippen molar-refractivity contribution < 1.29 is 14.3 Å². The minimum atomic E-state index is -0.564. The third kappa shape index (κ3) is 4.78. The number of halogens is 1. The van der Waals surface area contributed by atoms with Crippen LogP contribution in [0.25, 0.3) is 0 Å². The van der Waals surface area contributed by atoms with Crippen LogP contribution in [0.4, 0.5) is 0 Å². The van der Waals surface area contributed by atoms with Crippen LogP contribution in [-0.2, 0) is 20.7 Å². The molecule has 1 fully saturated rings. The third-order valence-electron chi connectivity index (χ3n) is 3.28. The second-order valence-corrected chi connectivity index (χ2v) is 5.52. The number of amides is 1. The molecule has 0 spiro atoms. The molecule has 1 aliphatic heterocycles. The van der Waals surface area contributed by atoms with E-state index < -0.39 is 5.79 Å². The fraction of sp³-hybridized carbons (Fsp3) is 0.533. The Morgan fingerprint density at radius 3 is 2.60 bits per heavy atom. The molecule has 1 heterocycles. The molecule has 1 amide bonds. The molecule has 0 aliphatic carbocycles. The lowest BCUT2D eigenvalue weighted by molar-refractivity contribution is -0.257. The van der Waals surface area contributed by atoms with Gasteiger partial charge in [0.25, 0.3) is 0 Å². The smallest absolute Gasteiger partial charge is 0.224 e. The molecule has 1 aliphatic rings. The molecule has 2 rings (SSSR count). The van der Waals surface area contributed by atoms with Gasteiger partial charge in [-0.1, -0.05) is 23.7 Å². The topological polar surface area (TPSA) is 47.6 Å². The van der Waals surface area contributed by atoms with E-state index >= 15 is 0 Å². The van der Waals surface area contributed by atoms with Crippen LogP contribution in [0.5, 0.6) is 0 Å². The summed E-state index contributed by atoms with van der Waals surface area (Å²) in [5.41, 5.74) is 0.947. The maximum atomic E-state index is 11.8. The fourth-order valence-corrected chi connectivity index (χ4v) is 2.23. The highest BCUT2D eigenvalue weighted by molar-refractivity contribution is 6.30. The van der Waals surface area contributed by atoms with E-state index in [1.165, 1.54) is 0 Å². The number of carbonyl (C=O) groups excluding carboxylic acids is 1. The van der Waals surface area contributed by atoms with Crippen molar-refractivity contribution in [3.05, 3.63) is 34.9 Å². The number of ether oxygens (including phenoxy) is 2. The predicted molar refractivity (Wildman–Crippen MR) is 77.7 cm³/mol. The van der Waals surface area contributed by atoms with E-state index in [2.05, 4.69) is 5.32 Å². The van der Waals surface area contributed by atoms with E-state index in [9.17, 15) is 4.79 Å². The standard InChI is InChI=1S/C15H20ClNO3/c1-15(19-9-2-10-20-15)7-8-17-14(18)11-12-3-5-13(16)6-4-12/h3-6H,2,7-11H2,1H3,(H,17,18). The SMILES string of the molecule is CC1(CCNC(=O)Cc2ccc(Cl)cc2)OCCCO1. The normalized spacial score (nSPS) is 17.7. The number of rotatable bonds is 5. The van der Waals surface area contributed by atoms with Gasteiger partial charge in [0.1, 0.15) is 0 Å². The van der Waals surface area contributed by atoms with Crippen LogP contribution in [0, 0.1) is 0 Å². The molecule has 1 aromatic rings. The van der Waals surface area contributed by atoms with Gasteiger partial charge >= 0.3 is 0 Å². The zero-order chi connectivity index (χ0) is 14.4. The van der Waals surface area contributed by atoms with Crippen molar-refractivity contribution >= 4 is 17.5 Å². The molecular weight excluding hydrogens is 278 g/mol. The lowest BCUT2D eigenvalue weighted by Gasteiger charge is -2.33. The molecule has 20 heavy (non-hydrogen) atoms. The van der Waals surface area contributed by atoms with E-state index in [4.69, 9.17) is 21.1 Å². The van der Waals surface area contributed by atoms with Gasteiger partial charge in [0, 0.05) is 18.0 Å². The summed E-state index contributed by atoms with van der Waals surface area (Å²) in [5, 5.41) is 3.56. The van der Waals surface area contributed by atoms with Crippen molar-refractivity contribution in [2.75, 3.05) is 19.8 Å². The molecule has 1 saturated heterocycles. The van der Waals surface area contributed by atoms with Crippen LogP contribution in [0.2, 0.25) is 5.02 Å². The molecule has 0 bridgehead atoms. The maximum absolute atomic E-state index is 11.8. The highest BCUT2D eigenvalue weighted by Gasteiger charge is 2.28. The summed E-state index contributed by atoms with van der Waals surface area (Å²) >= 11 is 5.80. The Balaban J connectivity index is 1.71. The van der Waals surface area contributed by atoms with E-state index in [1.807, 2.05) is 19.1 Å². The summed E-state index contributed by atoms with van der Waals surface area (Å²) in [6, 6.07) is 7.29. The lowest BCUT2D eigenvalue weighted by Crippen LogP contribution is -2.41. The Morgan fingerprint density at radius 2 is 1.95 bits per heavy atom. The zero-order valence-corrected chi connectivity index (χ0v) is 12.4. The molecular formula is C15H20ClNO3. The van der Waals surface area contributed by atoms with Crippen LogP contribution >= 0.6 is 11.6 Å². The molecule has 0 aromatic heterocycles. The van der Waals surface area contributed by atoms with Gasteiger partial charge in [-0.15, -0.1) is 0 Å². The second-order valence-electron chi connectivity index (χ2n) is 5.09. The first-order valence-electron chi connectivity index (χ1n) is 6.86. The molecule has 4 nitrogen and oxygen atoms in total. The highest BCUT2D eigenvalue weighted by atomic mass is 35.5. The van der Waals surface area contributed by atoms with Gasteiger partial charge in [-0.2, -0.15) is 0 Å². The molecule has 0 radical (unpaired) electrons. The summed E-state index contributed by atoms with van der Waals surface area (Å²) in [4.78, 5) is 11.8. The van der Waals surface area contributed by atoms with Gasteiger partial charge in [0.05, 0.1) is 19.6 Å². The monoisotopic (exact) mass is 297 g/mol. The third-order valence-corrected chi connectivity index (χ3v) is 3.53. The van der Waals surface area contributed by atoms with E-state index in [0.29, 0.717) is 24.4 Å². The van der Waals surface area contributed by atoms with Crippen LogP contribution in [0.3, 0.4) is 0 Å². The summed E-state index contributed by atoms with van der Waals surface area (Å²) in [7, 11) is 0. The van der Waals surface area contributed by atoms with E-state index in [-0.39, 0.29) is 5.91 Å². The van der Waals surface area contributed by atoms with Gasteiger partial charge in [0.15, 0.2) is 5.79 Å². The van der Waals surface area contributed by atoms with Crippen molar-refractivity contribution in [2.24, 2.45) is 0 Å². The Hall–Kier alpha value is -1.10. The first-order chi connectivity index (χ1) is 9.57. The summed E-state index contributed by atoms with van der Waals surface area (Å²) in [5.74, 6) is -0.571. The minimum Gasteiger partial charge on any atom is -0.356 e. The largest absolute Gasteiger partial charge is 0.356 e. The average molecular weight is 298 g/mol. The van der Waals surface area contributed by atoms with Crippen LogP contribution in [0.15, 0.2) is 24.3 Å². The number of nitrogens with one attached hydrogen (secondary N) is 1. The average Bonchev–Trinajstić information content (AvgIpc) is 2.42. The first-order valence-corrected chi connectivity index (χ1v) is 7.24. The molecule has 5 heteroatoms. The van der Waals surface area contributed by atoms with Gasteiger partial charge in [-0.3, -0.25) is 4.79 Å². The highest BCUT2D eigenvalue weighted by Crippen LogP contribution is 2.21. The Kier molecular flexibility index (Phi) is 5.40. The Labute approximate surface area is 124 Å². The quantitative estimate of drug-likeness (QED) is 0.908. The van der Waals surface area contributed by atoms with Crippen molar-refractivity contribution in [1.29, 1.82) is 0 Å². The maximum Gasteiger partial charge on any atom is 0.224 e. The summed E-state index contributed by atoms with van der Waals surface area (Å²) in [6.45, 7) is 3.89. The molecule has 1 N–H and O–H groups in total. The molecule has 110 valence electrons. The van der Waals surface area contributed by atoms with Crippen LogP contribution < -0.4 is 5.32 Å². The molecule has 1 aromatic carbocycles. The Morgan fingerprint density at radius 1 is 1.30 bits per heavy atom. The predicted octanol–water partition coefficient (Wildman–Crippen LogP) is 2.54. The second kappa shape index (κ2) is 7.07.